The number of carbonyl (C=O) groups excluding carboxylic acids is 1. The molecule has 0 atom stereocenters. The van der Waals surface area contributed by atoms with Gasteiger partial charge in [-0.25, -0.2) is 4.79 Å². The van der Waals surface area contributed by atoms with Crippen LogP contribution in [0.2, 0.25) is 0 Å². The van der Waals surface area contributed by atoms with Gasteiger partial charge in [-0.15, -0.1) is 0 Å². The van der Waals surface area contributed by atoms with Crippen LogP contribution in [0.15, 0.2) is 11.1 Å². The number of amides is 2. The lowest BCUT2D eigenvalue weighted by molar-refractivity contribution is 0.0774. The summed E-state index contributed by atoms with van der Waals surface area (Å²) in [6.45, 7) is 9.31. The van der Waals surface area contributed by atoms with Gasteiger partial charge in [0.05, 0.1) is 12.6 Å². The van der Waals surface area contributed by atoms with Crippen LogP contribution in [0.5, 0.6) is 0 Å². The largest absolute Gasteiger partial charge is 0.379 e. The van der Waals surface area contributed by atoms with E-state index in [1.807, 2.05) is 13.8 Å². The van der Waals surface area contributed by atoms with Crippen LogP contribution in [-0.2, 0) is 4.74 Å². The minimum absolute atomic E-state index is 0.180. The van der Waals surface area contributed by atoms with Gasteiger partial charge >= 0.3 is 6.03 Å². The molecule has 0 aliphatic rings. The van der Waals surface area contributed by atoms with Crippen molar-refractivity contribution >= 4 is 22.0 Å². The molecule has 0 aromatic carbocycles. The van der Waals surface area contributed by atoms with Crippen LogP contribution >= 0.6 is 15.9 Å². The van der Waals surface area contributed by atoms with E-state index in [4.69, 9.17) is 4.74 Å². The third-order valence-corrected chi connectivity index (χ3v) is 1.78. The maximum Gasteiger partial charge on any atom is 0.315 e. The molecule has 0 aliphatic heterocycles. The maximum atomic E-state index is 11.1. The number of urea groups is 1. The summed E-state index contributed by atoms with van der Waals surface area (Å²) in [6.07, 6.45) is 1.07. The molecule has 5 heteroatoms. The predicted octanol–water partition coefficient (Wildman–Crippen LogP) is 2.01. The Kier molecular flexibility index (Phi) is 8.41. The Bertz CT molecular complexity index is 208. The molecule has 15 heavy (non-hydrogen) atoms. The SMILES string of the molecule is C=C(Br)CNC(=O)NCCCOC(C)C. The van der Waals surface area contributed by atoms with Crippen molar-refractivity contribution in [2.75, 3.05) is 19.7 Å². The number of ether oxygens (including phenoxy) is 1. The molecule has 0 fully saturated rings. The zero-order chi connectivity index (χ0) is 11.7. The van der Waals surface area contributed by atoms with Gasteiger partial charge in [0.25, 0.3) is 0 Å². The normalized spacial score (nSPS) is 10.1. The number of carbonyl (C=O) groups is 1. The van der Waals surface area contributed by atoms with Crippen LogP contribution < -0.4 is 10.6 Å². The van der Waals surface area contributed by atoms with Crippen LogP contribution in [0, 0.1) is 0 Å². The van der Waals surface area contributed by atoms with Crippen molar-refractivity contribution in [2.45, 2.75) is 26.4 Å². The van der Waals surface area contributed by atoms with Gasteiger partial charge in [-0.2, -0.15) is 0 Å². The fourth-order valence-electron chi connectivity index (χ4n) is 0.832. The molecule has 0 aromatic heterocycles. The van der Waals surface area contributed by atoms with E-state index in [1.165, 1.54) is 0 Å². The number of hydrogen-bond acceptors (Lipinski definition) is 2. The van der Waals surface area contributed by atoms with Gasteiger partial charge in [0.2, 0.25) is 0 Å². The Labute approximate surface area is 99.6 Å². The smallest absolute Gasteiger partial charge is 0.315 e. The van der Waals surface area contributed by atoms with Crippen molar-refractivity contribution < 1.29 is 9.53 Å². The van der Waals surface area contributed by atoms with Gasteiger partial charge < -0.3 is 15.4 Å². The summed E-state index contributed by atoms with van der Waals surface area (Å²) in [7, 11) is 0. The van der Waals surface area contributed by atoms with Gasteiger partial charge in [-0.1, -0.05) is 22.5 Å². The molecule has 4 nitrogen and oxygen atoms in total. The molecule has 0 rings (SSSR count). The molecule has 0 saturated heterocycles. The number of hydrogen-bond donors (Lipinski definition) is 2. The van der Waals surface area contributed by atoms with Gasteiger partial charge in [0, 0.05) is 17.6 Å². The van der Waals surface area contributed by atoms with Gasteiger partial charge in [0.1, 0.15) is 0 Å². The fourth-order valence-corrected chi connectivity index (χ4v) is 0.972. The summed E-state index contributed by atoms with van der Waals surface area (Å²) in [5.74, 6) is 0. The molecular weight excluding hydrogens is 260 g/mol. The van der Waals surface area contributed by atoms with E-state index >= 15 is 0 Å². The Hall–Kier alpha value is -0.550. The highest BCUT2D eigenvalue weighted by atomic mass is 79.9. The second-order valence-corrected chi connectivity index (χ2v) is 4.52. The summed E-state index contributed by atoms with van der Waals surface area (Å²) >= 11 is 3.15. The molecule has 0 radical (unpaired) electrons. The van der Waals surface area contributed by atoms with E-state index in [-0.39, 0.29) is 12.1 Å². The molecule has 2 N–H and O–H groups in total. The molecule has 0 unspecified atom stereocenters. The van der Waals surface area contributed by atoms with Crippen molar-refractivity contribution in [1.29, 1.82) is 0 Å². The van der Waals surface area contributed by atoms with Crippen molar-refractivity contribution in [3.8, 4) is 0 Å². The highest BCUT2D eigenvalue weighted by Crippen LogP contribution is 1.96. The Morgan fingerprint density at radius 1 is 1.47 bits per heavy atom. The summed E-state index contributed by atoms with van der Waals surface area (Å²) in [5, 5.41) is 5.36. The van der Waals surface area contributed by atoms with Crippen molar-refractivity contribution in [3.05, 3.63) is 11.1 Å². The summed E-state index contributed by atoms with van der Waals surface area (Å²) in [5.41, 5.74) is 0. The third-order valence-electron chi connectivity index (χ3n) is 1.50. The Morgan fingerprint density at radius 2 is 2.13 bits per heavy atom. The number of halogens is 1. The first-order valence-electron chi connectivity index (χ1n) is 4.99. The molecular formula is C10H19BrN2O2. The van der Waals surface area contributed by atoms with E-state index in [2.05, 4.69) is 33.1 Å². The summed E-state index contributed by atoms with van der Waals surface area (Å²) < 4.78 is 6.08. The van der Waals surface area contributed by atoms with Crippen LogP contribution in [0.3, 0.4) is 0 Å². The van der Waals surface area contributed by atoms with E-state index < -0.39 is 0 Å². The minimum Gasteiger partial charge on any atom is -0.379 e. The van der Waals surface area contributed by atoms with Gasteiger partial charge in [-0.3, -0.25) is 0 Å². The summed E-state index contributed by atoms with van der Waals surface area (Å²) in [6, 6.07) is -0.180. The first kappa shape index (κ1) is 14.5. The lowest BCUT2D eigenvalue weighted by atomic mass is 10.4. The predicted molar refractivity (Wildman–Crippen MR) is 65.2 cm³/mol. The summed E-state index contributed by atoms with van der Waals surface area (Å²) in [4.78, 5) is 11.1. The lowest BCUT2D eigenvalue weighted by Gasteiger charge is -2.08. The first-order chi connectivity index (χ1) is 7.02. The Morgan fingerprint density at radius 3 is 2.67 bits per heavy atom. The fraction of sp³-hybridized carbons (Fsp3) is 0.700. The average molecular weight is 279 g/mol. The zero-order valence-corrected chi connectivity index (χ0v) is 10.9. The zero-order valence-electron chi connectivity index (χ0n) is 9.31. The van der Waals surface area contributed by atoms with Crippen molar-refractivity contribution in [3.63, 3.8) is 0 Å². The van der Waals surface area contributed by atoms with E-state index in [0.29, 0.717) is 19.7 Å². The van der Waals surface area contributed by atoms with Crippen LogP contribution in [-0.4, -0.2) is 31.8 Å². The van der Waals surface area contributed by atoms with Gasteiger partial charge in [0.15, 0.2) is 0 Å². The standard InChI is InChI=1S/C10H19BrN2O2/c1-8(2)15-6-4-5-12-10(14)13-7-9(3)11/h8H,3-7H2,1-2H3,(H2,12,13,14). The minimum atomic E-state index is -0.180. The van der Waals surface area contributed by atoms with Crippen LogP contribution in [0.1, 0.15) is 20.3 Å². The van der Waals surface area contributed by atoms with E-state index in [1.54, 1.807) is 0 Å². The molecule has 0 aliphatic carbocycles. The maximum absolute atomic E-state index is 11.1. The Balaban J connectivity index is 3.28. The van der Waals surface area contributed by atoms with Crippen molar-refractivity contribution in [2.24, 2.45) is 0 Å². The highest BCUT2D eigenvalue weighted by molar-refractivity contribution is 9.11. The average Bonchev–Trinajstić information content (AvgIpc) is 2.13. The topological polar surface area (TPSA) is 50.4 Å². The molecule has 2 amide bonds. The highest BCUT2D eigenvalue weighted by Gasteiger charge is 1.99. The first-order valence-corrected chi connectivity index (χ1v) is 5.78. The number of nitrogens with one attached hydrogen (secondary N) is 2. The second-order valence-electron chi connectivity index (χ2n) is 3.40. The quantitative estimate of drug-likeness (QED) is 0.700. The molecule has 88 valence electrons. The third kappa shape index (κ3) is 11.4. The van der Waals surface area contributed by atoms with E-state index in [0.717, 1.165) is 10.9 Å². The number of rotatable bonds is 7. The van der Waals surface area contributed by atoms with Gasteiger partial charge in [-0.05, 0) is 20.3 Å². The molecule has 0 saturated carbocycles. The van der Waals surface area contributed by atoms with Crippen LogP contribution in [0.4, 0.5) is 4.79 Å². The lowest BCUT2D eigenvalue weighted by Crippen LogP contribution is -2.36. The van der Waals surface area contributed by atoms with Crippen molar-refractivity contribution in [1.82, 2.24) is 10.6 Å². The molecule has 0 heterocycles. The second kappa shape index (κ2) is 8.73. The van der Waals surface area contributed by atoms with E-state index in [9.17, 15) is 4.79 Å². The molecule has 0 spiro atoms. The molecule has 0 aromatic rings. The monoisotopic (exact) mass is 278 g/mol. The van der Waals surface area contributed by atoms with Crippen LogP contribution in [0.25, 0.3) is 0 Å². The molecule has 0 bridgehead atoms.